The largest absolute Gasteiger partial charge is 0.353 e. The zero-order valence-corrected chi connectivity index (χ0v) is 13.5. The maximum Gasteiger partial charge on any atom is 0.230 e. The lowest BCUT2D eigenvalue weighted by Crippen LogP contribution is -2.33. The first-order chi connectivity index (χ1) is 10.1. The molecule has 2 aromatic rings. The van der Waals surface area contributed by atoms with E-state index in [0.717, 1.165) is 12.1 Å². The highest BCUT2D eigenvalue weighted by Crippen LogP contribution is 2.21. The summed E-state index contributed by atoms with van der Waals surface area (Å²) in [5.74, 6) is 0.304. The highest BCUT2D eigenvalue weighted by atomic mass is 35.5. The van der Waals surface area contributed by atoms with Crippen LogP contribution in [0.25, 0.3) is 5.69 Å². The van der Waals surface area contributed by atoms with E-state index in [4.69, 9.17) is 11.6 Å². The Morgan fingerprint density at radius 1 is 1.52 bits per heavy atom. The molecular formula is C14H17ClN4OS. The number of rotatable bonds is 6. The van der Waals surface area contributed by atoms with Gasteiger partial charge in [0.25, 0.3) is 0 Å². The quantitative estimate of drug-likeness (QED) is 0.830. The van der Waals surface area contributed by atoms with E-state index in [1.165, 1.54) is 11.8 Å². The van der Waals surface area contributed by atoms with Crippen LogP contribution < -0.4 is 5.32 Å². The Bertz CT molecular complexity index is 617. The summed E-state index contributed by atoms with van der Waals surface area (Å²) in [7, 11) is 0. The first-order valence-corrected chi connectivity index (χ1v) is 8.04. The third kappa shape index (κ3) is 4.47. The molecule has 0 aliphatic heterocycles. The second-order valence-corrected chi connectivity index (χ2v) is 6.01. The Morgan fingerprint density at radius 3 is 3.05 bits per heavy atom. The fourth-order valence-electron chi connectivity index (χ4n) is 1.67. The van der Waals surface area contributed by atoms with Crippen molar-refractivity contribution in [3.05, 3.63) is 35.6 Å². The van der Waals surface area contributed by atoms with Crippen LogP contribution in [0.5, 0.6) is 0 Å². The van der Waals surface area contributed by atoms with Gasteiger partial charge in [0, 0.05) is 11.1 Å². The van der Waals surface area contributed by atoms with Crippen molar-refractivity contribution >= 4 is 29.3 Å². The second-order valence-electron chi connectivity index (χ2n) is 4.63. The summed E-state index contributed by atoms with van der Waals surface area (Å²) in [5.41, 5.74) is 0.873. The minimum atomic E-state index is -0.00464. The normalized spacial score (nSPS) is 12.1. The summed E-state index contributed by atoms with van der Waals surface area (Å²) < 4.78 is 1.81. The van der Waals surface area contributed by atoms with Crippen LogP contribution in [-0.2, 0) is 4.79 Å². The molecule has 1 N–H and O–H groups in total. The van der Waals surface area contributed by atoms with Crippen molar-refractivity contribution in [1.29, 1.82) is 0 Å². The Hall–Kier alpha value is -1.53. The van der Waals surface area contributed by atoms with E-state index < -0.39 is 0 Å². The fourth-order valence-corrected chi connectivity index (χ4v) is 2.60. The van der Waals surface area contributed by atoms with E-state index in [1.54, 1.807) is 6.33 Å². The third-order valence-electron chi connectivity index (χ3n) is 2.95. The van der Waals surface area contributed by atoms with Crippen LogP contribution in [-0.4, -0.2) is 32.5 Å². The predicted octanol–water partition coefficient (Wildman–Crippen LogP) is 2.93. The Kier molecular flexibility index (Phi) is 5.64. The molecule has 0 saturated heterocycles. The molecule has 1 heterocycles. The number of nitrogens with zero attached hydrogens (tertiary/aromatic N) is 3. The highest BCUT2D eigenvalue weighted by Gasteiger charge is 2.11. The molecule has 0 aliphatic rings. The number of hydrogen-bond acceptors (Lipinski definition) is 4. The molecule has 0 spiro atoms. The molecule has 0 unspecified atom stereocenters. The van der Waals surface area contributed by atoms with Gasteiger partial charge in [0.2, 0.25) is 5.91 Å². The molecule has 1 amide bonds. The zero-order valence-electron chi connectivity index (χ0n) is 11.9. The lowest BCUT2D eigenvalue weighted by molar-refractivity contribution is -0.119. The molecule has 1 atom stereocenters. The van der Waals surface area contributed by atoms with Crippen LogP contribution in [0.15, 0.2) is 35.7 Å². The van der Waals surface area contributed by atoms with Crippen molar-refractivity contribution in [2.75, 3.05) is 5.75 Å². The third-order valence-corrected chi connectivity index (χ3v) is 4.13. The molecule has 0 fully saturated rings. The summed E-state index contributed by atoms with van der Waals surface area (Å²) in [4.78, 5) is 11.8. The van der Waals surface area contributed by atoms with Gasteiger partial charge in [-0.25, -0.2) is 0 Å². The van der Waals surface area contributed by atoms with E-state index >= 15 is 0 Å². The van der Waals surface area contributed by atoms with E-state index in [0.29, 0.717) is 15.9 Å². The monoisotopic (exact) mass is 324 g/mol. The number of halogens is 1. The molecule has 112 valence electrons. The van der Waals surface area contributed by atoms with Crippen LogP contribution in [0.1, 0.15) is 20.3 Å². The van der Waals surface area contributed by atoms with Gasteiger partial charge < -0.3 is 5.32 Å². The Balaban J connectivity index is 2.03. The van der Waals surface area contributed by atoms with Gasteiger partial charge in [-0.15, -0.1) is 10.2 Å². The number of aromatic nitrogens is 3. The van der Waals surface area contributed by atoms with Crippen molar-refractivity contribution in [3.8, 4) is 5.69 Å². The van der Waals surface area contributed by atoms with Crippen molar-refractivity contribution in [2.24, 2.45) is 0 Å². The minimum Gasteiger partial charge on any atom is -0.353 e. The maximum absolute atomic E-state index is 11.8. The molecule has 21 heavy (non-hydrogen) atoms. The molecule has 1 aromatic carbocycles. The number of thioether (sulfide) groups is 1. The smallest absolute Gasteiger partial charge is 0.230 e. The predicted molar refractivity (Wildman–Crippen MR) is 85.0 cm³/mol. The molecule has 0 saturated carbocycles. The van der Waals surface area contributed by atoms with E-state index in [9.17, 15) is 4.79 Å². The summed E-state index contributed by atoms with van der Waals surface area (Å²) >= 11 is 7.34. The van der Waals surface area contributed by atoms with Gasteiger partial charge in [0.1, 0.15) is 6.33 Å². The Labute approximate surface area is 133 Å². The number of benzene rings is 1. The summed E-state index contributed by atoms with van der Waals surface area (Å²) in [6.07, 6.45) is 2.52. The number of nitrogens with one attached hydrogen (secondary N) is 1. The van der Waals surface area contributed by atoms with E-state index in [-0.39, 0.29) is 11.9 Å². The summed E-state index contributed by atoms with van der Waals surface area (Å²) in [5, 5.41) is 12.2. The van der Waals surface area contributed by atoms with Crippen molar-refractivity contribution in [3.63, 3.8) is 0 Å². The maximum atomic E-state index is 11.8. The lowest BCUT2D eigenvalue weighted by Gasteiger charge is -2.11. The Morgan fingerprint density at radius 2 is 2.33 bits per heavy atom. The van der Waals surface area contributed by atoms with Gasteiger partial charge in [0.15, 0.2) is 5.16 Å². The molecule has 0 radical (unpaired) electrons. The van der Waals surface area contributed by atoms with Gasteiger partial charge in [-0.2, -0.15) is 0 Å². The van der Waals surface area contributed by atoms with Gasteiger partial charge in [-0.1, -0.05) is 36.4 Å². The first-order valence-electron chi connectivity index (χ1n) is 6.68. The number of amides is 1. The van der Waals surface area contributed by atoms with Gasteiger partial charge in [-0.05, 0) is 31.5 Å². The summed E-state index contributed by atoms with van der Waals surface area (Å²) in [6.45, 7) is 4.02. The van der Waals surface area contributed by atoms with Crippen molar-refractivity contribution < 1.29 is 4.79 Å². The summed E-state index contributed by atoms with van der Waals surface area (Å²) in [6, 6.07) is 7.60. The second kappa shape index (κ2) is 7.47. The van der Waals surface area contributed by atoms with Crippen LogP contribution >= 0.6 is 23.4 Å². The molecular weight excluding hydrogens is 308 g/mol. The zero-order chi connectivity index (χ0) is 15.2. The van der Waals surface area contributed by atoms with E-state index in [1.807, 2.05) is 42.7 Å². The van der Waals surface area contributed by atoms with E-state index in [2.05, 4.69) is 15.5 Å². The van der Waals surface area contributed by atoms with Gasteiger partial charge >= 0.3 is 0 Å². The van der Waals surface area contributed by atoms with Crippen LogP contribution in [0.2, 0.25) is 5.02 Å². The van der Waals surface area contributed by atoms with Crippen molar-refractivity contribution in [1.82, 2.24) is 20.1 Å². The molecule has 0 bridgehead atoms. The number of hydrogen-bond donors (Lipinski definition) is 1. The number of carbonyl (C=O) groups is 1. The lowest BCUT2D eigenvalue weighted by atomic mass is 10.3. The van der Waals surface area contributed by atoms with Crippen molar-refractivity contribution in [2.45, 2.75) is 31.5 Å². The van der Waals surface area contributed by atoms with Gasteiger partial charge in [0.05, 0.1) is 11.4 Å². The standard InChI is InChI=1S/C14H17ClN4OS/c1-3-10(2)17-13(20)8-21-14-18-16-9-19(14)12-6-4-5-11(15)7-12/h4-7,9-10H,3,8H2,1-2H3,(H,17,20)/t10-/m1/s1. The average molecular weight is 325 g/mol. The van der Waals surface area contributed by atoms with Crippen LogP contribution in [0.3, 0.4) is 0 Å². The highest BCUT2D eigenvalue weighted by molar-refractivity contribution is 7.99. The molecule has 2 rings (SSSR count). The number of carbonyl (C=O) groups excluding carboxylic acids is 1. The molecule has 0 aliphatic carbocycles. The van der Waals surface area contributed by atoms with Crippen LogP contribution in [0.4, 0.5) is 0 Å². The fraction of sp³-hybridized carbons (Fsp3) is 0.357. The molecule has 1 aromatic heterocycles. The minimum absolute atomic E-state index is 0.00464. The molecule has 7 heteroatoms. The van der Waals surface area contributed by atoms with Crippen LogP contribution in [0, 0.1) is 0 Å². The topological polar surface area (TPSA) is 59.8 Å². The molecule has 5 nitrogen and oxygen atoms in total. The first kappa shape index (κ1) is 15.9. The SMILES string of the molecule is CC[C@@H](C)NC(=O)CSc1nncn1-c1cccc(Cl)c1. The average Bonchev–Trinajstić information content (AvgIpc) is 2.93. The van der Waals surface area contributed by atoms with Gasteiger partial charge in [-0.3, -0.25) is 9.36 Å².